The number of urea groups is 1. The normalized spacial score (nSPS) is 21.2. The van der Waals surface area contributed by atoms with Crippen LogP contribution in [0.2, 0.25) is 0 Å². The first-order chi connectivity index (χ1) is 12.3. The fourth-order valence-corrected chi connectivity index (χ4v) is 3.64. The number of hydrogen-bond donors (Lipinski definition) is 1. The van der Waals surface area contributed by atoms with Crippen molar-refractivity contribution in [2.75, 3.05) is 7.05 Å². The van der Waals surface area contributed by atoms with Gasteiger partial charge in [0.2, 0.25) is 11.7 Å². The summed E-state index contributed by atoms with van der Waals surface area (Å²) in [5.41, 5.74) is 3.06. The summed E-state index contributed by atoms with van der Waals surface area (Å²) in [4.78, 5) is 18.0. The van der Waals surface area contributed by atoms with E-state index in [1.165, 1.54) is 4.90 Å². The van der Waals surface area contributed by atoms with Crippen molar-refractivity contribution in [3.8, 4) is 11.4 Å². The van der Waals surface area contributed by atoms with Crippen LogP contribution in [0.25, 0.3) is 11.4 Å². The number of benzene rings is 1. The summed E-state index contributed by atoms with van der Waals surface area (Å²) in [6.07, 6.45) is 1.10. The Hall–Kier alpha value is -2.51. The molecular formula is C18H20F2N4O2. The van der Waals surface area contributed by atoms with E-state index in [1.54, 1.807) is 14.0 Å². The zero-order valence-electron chi connectivity index (χ0n) is 14.6. The van der Waals surface area contributed by atoms with Crippen molar-refractivity contribution in [1.29, 1.82) is 0 Å². The zero-order valence-corrected chi connectivity index (χ0v) is 14.6. The molecule has 8 heteroatoms. The van der Waals surface area contributed by atoms with E-state index in [0.717, 1.165) is 29.5 Å². The van der Waals surface area contributed by atoms with E-state index in [4.69, 9.17) is 4.52 Å². The third-order valence-corrected chi connectivity index (χ3v) is 5.24. The molecule has 4 rings (SSSR count). The lowest BCUT2D eigenvalue weighted by atomic mass is 9.87. The molecule has 1 N–H and O–H groups in total. The van der Waals surface area contributed by atoms with Crippen LogP contribution < -0.4 is 5.32 Å². The van der Waals surface area contributed by atoms with Crippen molar-refractivity contribution in [2.24, 2.45) is 0 Å². The highest BCUT2D eigenvalue weighted by Crippen LogP contribution is 2.40. The number of hydrogen-bond acceptors (Lipinski definition) is 4. The SMILES string of the molecule is Cc1nc(-c2ccc3c(c2)CC[C@H]3NC(=O)N(C)C2CC(F)(F)C2)no1. The Morgan fingerprint density at radius 1 is 1.38 bits per heavy atom. The van der Waals surface area contributed by atoms with Gasteiger partial charge in [-0.25, -0.2) is 13.6 Å². The quantitative estimate of drug-likeness (QED) is 0.908. The van der Waals surface area contributed by atoms with Crippen molar-refractivity contribution in [3.63, 3.8) is 0 Å². The minimum Gasteiger partial charge on any atom is -0.339 e. The molecule has 0 saturated heterocycles. The molecule has 1 aromatic heterocycles. The van der Waals surface area contributed by atoms with Crippen LogP contribution >= 0.6 is 0 Å². The fourth-order valence-electron chi connectivity index (χ4n) is 3.64. The Labute approximate surface area is 149 Å². The van der Waals surface area contributed by atoms with Crippen molar-refractivity contribution in [2.45, 2.75) is 50.6 Å². The lowest BCUT2D eigenvalue weighted by Crippen LogP contribution is -2.54. The number of aromatic nitrogens is 2. The molecule has 6 nitrogen and oxygen atoms in total. The Morgan fingerprint density at radius 3 is 2.81 bits per heavy atom. The van der Waals surface area contributed by atoms with Crippen molar-refractivity contribution >= 4 is 6.03 Å². The van der Waals surface area contributed by atoms with Crippen LogP contribution in [0, 0.1) is 6.92 Å². The van der Waals surface area contributed by atoms with Gasteiger partial charge in [0.05, 0.1) is 6.04 Å². The second-order valence-corrected chi connectivity index (χ2v) is 7.12. The van der Waals surface area contributed by atoms with E-state index in [9.17, 15) is 13.6 Å². The van der Waals surface area contributed by atoms with E-state index >= 15 is 0 Å². The van der Waals surface area contributed by atoms with Crippen LogP contribution in [0.4, 0.5) is 13.6 Å². The largest absolute Gasteiger partial charge is 0.339 e. The van der Waals surface area contributed by atoms with Gasteiger partial charge in [0.25, 0.3) is 5.92 Å². The first-order valence-electron chi connectivity index (χ1n) is 8.67. The summed E-state index contributed by atoms with van der Waals surface area (Å²) in [7, 11) is 1.58. The maximum Gasteiger partial charge on any atom is 0.317 e. The number of alkyl halides is 2. The van der Waals surface area contributed by atoms with E-state index in [-0.39, 0.29) is 24.9 Å². The molecule has 1 fully saturated rings. The predicted molar refractivity (Wildman–Crippen MR) is 89.8 cm³/mol. The van der Waals surface area contributed by atoms with E-state index in [1.807, 2.05) is 18.2 Å². The summed E-state index contributed by atoms with van der Waals surface area (Å²) in [5.74, 6) is -1.58. The number of fused-ring (bicyclic) bond motifs is 1. The smallest absolute Gasteiger partial charge is 0.317 e. The van der Waals surface area contributed by atoms with Crippen LogP contribution in [0.3, 0.4) is 0 Å². The van der Waals surface area contributed by atoms with Crippen molar-refractivity contribution < 1.29 is 18.1 Å². The van der Waals surface area contributed by atoms with Crippen LogP contribution in [0.1, 0.15) is 42.3 Å². The standard InChI is InChI=1S/C18H20F2N4O2/c1-10-21-16(23-26-10)12-3-5-14-11(7-12)4-6-15(14)22-17(25)24(2)13-8-18(19,20)9-13/h3,5,7,13,15H,4,6,8-9H2,1-2H3,(H,22,25)/t15-/m1/s1. The topological polar surface area (TPSA) is 71.3 Å². The number of halogens is 2. The van der Waals surface area contributed by atoms with Gasteiger partial charge in [-0.15, -0.1) is 0 Å². The Bertz CT molecular complexity index is 843. The summed E-state index contributed by atoms with van der Waals surface area (Å²) in [5, 5.41) is 6.89. The lowest BCUT2D eigenvalue weighted by molar-refractivity contribution is -0.111. The van der Waals surface area contributed by atoms with Gasteiger partial charge in [0.15, 0.2) is 0 Å². The molecule has 0 aliphatic heterocycles. The van der Waals surface area contributed by atoms with Gasteiger partial charge in [-0.3, -0.25) is 0 Å². The van der Waals surface area contributed by atoms with Gasteiger partial charge in [-0.05, 0) is 30.0 Å². The van der Waals surface area contributed by atoms with E-state index in [2.05, 4.69) is 15.5 Å². The van der Waals surface area contributed by atoms with Crippen LogP contribution in [0.5, 0.6) is 0 Å². The summed E-state index contributed by atoms with van der Waals surface area (Å²) >= 11 is 0. The molecule has 26 heavy (non-hydrogen) atoms. The predicted octanol–water partition coefficient (Wildman–Crippen LogP) is 3.47. The average molecular weight is 362 g/mol. The number of nitrogens with one attached hydrogen (secondary N) is 1. The average Bonchev–Trinajstić information content (AvgIpc) is 3.18. The molecule has 1 atom stereocenters. The van der Waals surface area contributed by atoms with Gasteiger partial charge in [0.1, 0.15) is 0 Å². The molecule has 1 heterocycles. The van der Waals surface area contributed by atoms with Crippen molar-refractivity contribution in [3.05, 3.63) is 35.2 Å². The summed E-state index contributed by atoms with van der Waals surface area (Å²) in [6, 6.07) is 5.08. The van der Waals surface area contributed by atoms with E-state index in [0.29, 0.717) is 11.7 Å². The van der Waals surface area contributed by atoms with Gasteiger partial charge >= 0.3 is 6.03 Å². The molecule has 0 spiro atoms. The van der Waals surface area contributed by atoms with Gasteiger partial charge in [0, 0.05) is 38.4 Å². The maximum absolute atomic E-state index is 13.0. The summed E-state index contributed by atoms with van der Waals surface area (Å²) in [6.45, 7) is 1.74. The maximum atomic E-state index is 13.0. The Balaban J connectivity index is 1.44. The third kappa shape index (κ3) is 3.04. The number of amides is 2. The van der Waals surface area contributed by atoms with Gasteiger partial charge in [-0.2, -0.15) is 4.98 Å². The Morgan fingerprint density at radius 2 is 2.15 bits per heavy atom. The fraction of sp³-hybridized carbons (Fsp3) is 0.500. The lowest BCUT2D eigenvalue weighted by Gasteiger charge is -2.41. The second kappa shape index (κ2) is 6.03. The van der Waals surface area contributed by atoms with Crippen LogP contribution in [-0.4, -0.2) is 40.1 Å². The third-order valence-electron chi connectivity index (χ3n) is 5.24. The molecule has 2 aliphatic carbocycles. The molecule has 0 radical (unpaired) electrons. The minimum atomic E-state index is -2.64. The number of aryl methyl sites for hydroxylation is 2. The molecule has 2 aromatic rings. The molecule has 2 amide bonds. The molecule has 138 valence electrons. The molecule has 0 unspecified atom stereocenters. The first-order valence-corrected chi connectivity index (χ1v) is 8.67. The number of rotatable bonds is 3. The Kier molecular flexibility index (Phi) is 3.93. The zero-order chi connectivity index (χ0) is 18.5. The number of nitrogens with zero attached hydrogens (tertiary/aromatic N) is 3. The molecule has 1 saturated carbocycles. The highest BCUT2D eigenvalue weighted by molar-refractivity contribution is 5.75. The van der Waals surface area contributed by atoms with Gasteiger partial charge in [-0.1, -0.05) is 17.3 Å². The van der Waals surface area contributed by atoms with E-state index < -0.39 is 12.0 Å². The molecule has 1 aromatic carbocycles. The number of carbonyl (C=O) groups is 1. The highest BCUT2D eigenvalue weighted by atomic mass is 19.3. The molecule has 2 aliphatic rings. The van der Waals surface area contributed by atoms with Crippen LogP contribution in [0.15, 0.2) is 22.7 Å². The second-order valence-electron chi connectivity index (χ2n) is 7.12. The summed E-state index contributed by atoms with van der Waals surface area (Å²) < 4.78 is 31.1. The minimum absolute atomic E-state index is 0.110. The molecule has 0 bridgehead atoms. The van der Waals surface area contributed by atoms with Gasteiger partial charge < -0.3 is 14.7 Å². The van der Waals surface area contributed by atoms with Crippen molar-refractivity contribution in [1.82, 2.24) is 20.4 Å². The molecular weight excluding hydrogens is 342 g/mol. The van der Waals surface area contributed by atoms with Crippen LogP contribution in [-0.2, 0) is 6.42 Å². The number of carbonyl (C=O) groups excluding carboxylic acids is 1. The highest BCUT2D eigenvalue weighted by Gasteiger charge is 2.48. The monoisotopic (exact) mass is 362 g/mol. The first kappa shape index (κ1) is 16.9.